The third-order valence-electron chi connectivity index (χ3n) is 3.35. The Kier molecular flexibility index (Phi) is 3.47. The molecule has 0 saturated carbocycles. The van der Waals surface area contributed by atoms with Gasteiger partial charge < -0.3 is 11.1 Å². The van der Waals surface area contributed by atoms with Gasteiger partial charge in [0, 0.05) is 31.7 Å². The summed E-state index contributed by atoms with van der Waals surface area (Å²) in [6.45, 7) is 3.42. The lowest BCUT2D eigenvalue weighted by Gasteiger charge is -2.39. The minimum Gasteiger partial charge on any atom is -0.325 e. The van der Waals surface area contributed by atoms with Crippen molar-refractivity contribution in [2.24, 2.45) is 11.7 Å². The molecule has 4 atom stereocenters. The van der Waals surface area contributed by atoms with E-state index in [1.165, 1.54) is 0 Å². The lowest BCUT2D eigenvalue weighted by Crippen LogP contribution is -2.61. The van der Waals surface area contributed by atoms with E-state index in [-0.39, 0.29) is 23.4 Å². The molecule has 0 aromatic carbocycles. The second-order valence-corrected chi connectivity index (χ2v) is 5.00. The highest BCUT2D eigenvalue weighted by atomic mass is 35.5. The van der Waals surface area contributed by atoms with Gasteiger partial charge in [-0.05, 0) is 13.0 Å². The monoisotopic (exact) mass is 228 g/mol. The van der Waals surface area contributed by atoms with Gasteiger partial charge in [-0.1, -0.05) is 0 Å². The minimum absolute atomic E-state index is 0.0613. The van der Waals surface area contributed by atoms with Gasteiger partial charge in [-0.3, -0.25) is 4.90 Å². The summed E-state index contributed by atoms with van der Waals surface area (Å²) in [5.41, 5.74) is 6.06. The zero-order valence-electron chi connectivity index (χ0n) is 8.69. The molecule has 2 aliphatic rings. The van der Waals surface area contributed by atoms with Crippen LogP contribution in [0.15, 0.2) is 0 Å². The molecule has 0 bridgehead atoms. The molecule has 15 heavy (non-hydrogen) atoms. The summed E-state index contributed by atoms with van der Waals surface area (Å²) in [5.74, 6) is 0.163. The van der Waals surface area contributed by atoms with E-state index in [0.717, 1.165) is 32.6 Å². The van der Waals surface area contributed by atoms with Crippen LogP contribution in [0.2, 0.25) is 0 Å². The molecule has 3 N–H and O–H groups in total. The van der Waals surface area contributed by atoms with Crippen LogP contribution in [0.4, 0.5) is 0 Å². The molecule has 84 valence electrons. The van der Waals surface area contributed by atoms with Gasteiger partial charge in [0.1, 0.15) is 0 Å². The number of nitrogens with zero attached hydrogens (tertiary/aromatic N) is 2. The van der Waals surface area contributed by atoms with Crippen LogP contribution in [0.1, 0.15) is 6.42 Å². The van der Waals surface area contributed by atoms with E-state index in [0.29, 0.717) is 0 Å². The quantitative estimate of drug-likeness (QED) is 0.607. The summed E-state index contributed by atoms with van der Waals surface area (Å²) in [4.78, 5) is 2.29. The number of hydrogen-bond donors (Lipinski definition) is 2. The van der Waals surface area contributed by atoms with Crippen LogP contribution in [0.5, 0.6) is 0 Å². The summed E-state index contributed by atoms with van der Waals surface area (Å²) in [7, 11) is 0. The van der Waals surface area contributed by atoms with E-state index in [1.807, 2.05) is 0 Å². The Morgan fingerprint density at radius 3 is 2.87 bits per heavy atom. The zero-order valence-corrected chi connectivity index (χ0v) is 9.45. The van der Waals surface area contributed by atoms with E-state index in [1.54, 1.807) is 0 Å². The molecular weight excluding hydrogens is 212 g/mol. The molecule has 0 aromatic rings. The Bertz CT molecular complexity index is 255. The molecule has 2 aliphatic heterocycles. The molecule has 0 aromatic heterocycles. The Morgan fingerprint density at radius 2 is 2.27 bits per heavy atom. The van der Waals surface area contributed by atoms with Gasteiger partial charge in [0.25, 0.3) is 0 Å². The predicted molar refractivity (Wildman–Crippen MR) is 59.6 cm³/mol. The van der Waals surface area contributed by atoms with E-state index < -0.39 is 0 Å². The van der Waals surface area contributed by atoms with E-state index in [9.17, 15) is 0 Å². The number of nitriles is 1. The first-order valence-electron chi connectivity index (χ1n) is 5.46. The number of nitrogens with two attached hydrogens (primary N) is 1. The van der Waals surface area contributed by atoms with Crippen LogP contribution in [0.25, 0.3) is 0 Å². The SMILES string of the molecule is N#C[C@@H]1CCN(C2C(N)CNCC2Cl)C1. The van der Waals surface area contributed by atoms with E-state index in [4.69, 9.17) is 22.6 Å². The molecule has 2 rings (SSSR count). The van der Waals surface area contributed by atoms with Gasteiger partial charge in [0.2, 0.25) is 0 Å². The Labute approximate surface area is 95.4 Å². The third-order valence-corrected chi connectivity index (χ3v) is 3.76. The maximum absolute atomic E-state index is 8.86. The summed E-state index contributed by atoms with van der Waals surface area (Å²) < 4.78 is 0. The largest absolute Gasteiger partial charge is 0.325 e. The first-order chi connectivity index (χ1) is 7.22. The van der Waals surface area contributed by atoms with Crippen LogP contribution >= 0.6 is 11.6 Å². The van der Waals surface area contributed by atoms with Gasteiger partial charge in [-0.2, -0.15) is 5.26 Å². The van der Waals surface area contributed by atoms with Gasteiger partial charge in [-0.25, -0.2) is 0 Å². The summed E-state index contributed by atoms with van der Waals surface area (Å²) in [6.07, 6.45) is 0.955. The zero-order chi connectivity index (χ0) is 10.8. The molecule has 0 spiro atoms. The Morgan fingerprint density at radius 1 is 1.47 bits per heavy atom. The van der Waals surface area contributed by atoms with Crippen LogP contribution in [0.3, 0.4) is 0 Å². The number of halogens is 1. The van der Waals surface area contributed by atoms with Crippen molar-refractivity contribution in [2.75, 3.05) is 26.2 Å². The number of alkyl halides is 1. The second kappa shape index (κ2) is 4.67. The molecule has 2 heterocycles. The fourth-order valence-corrected chi connectivity index (χ4v) is 3.02. The van der Waals surface area contributed by atoms with Crippen LogP contribution in [0, 0.1) is 17.2 Å². The van der Waals surface area contributed by atoms with Crippen molar-refractivity contribution >= 4 is 11.6 Å². The molecule has 0 aliphatic carbocycles. The second-order valence-electron chi connectivity index (χ2n) is 4.44. The first-order valence-corrected chi connectivity index (χ1v) is 5.90. The normalized spacial score (nSPS) is 42.7. The number of rotatable bonds is 1. The fraction of sp³-hybridized carbons (Fsp3) is 0.900. The van der Waals surface area contributed by atoms with Crippen molar-refractivity contribution < 1.29 is 0 Å². The standard InChI is InChI=1S/C10H17ClN4/c11-8-4-14-5-9(13)10(8)15-2-1-7(3-12)6-15/h7-10,14H,1-2,4-6,13H2/t7-,8?,9?,10?/m0/s1. The van der Waals surface area contributed by atoms with Crippen molar-refractivity contribution in [1.82, 2.24) is 10.2 Å². The van der Waals surface area contributed by atoms with Gasteiger partial charge in [0.15, 0.2) is 0 Å². The highest BCUT2D eigenvalue weighted by molar-refractivity contribution is 6.21. The molecule has 5 heteroatoms. The first kappa shape index (κ1) is 11.2. The molecule has 2 fully saturated rings. The Balaban J connectivity index is 2.00. The lowest BCUT2D eigenvalue weighted by molar-refractivity contribution is 0.177. The maximum atomic E-state index is 8.86. The van der Waals surface area contributed by atoms with E-state index in [2.05, 4.69) is 16.3 Å². The smallest absolute Gasteiger partial charge is 0.0669 e. The number of piperidine rings is 1. The third kappa shape index (κ3) is 2.26. The summed E-state index contributed by atoms with van der Waals surface area (Å²) in [6, 6.07) is 2.63. The van der Waals surface area contributed by atoms with Crippen molar-refractivity contribution in [1.29, 1.82) is 5.26 Å². The van der Waals surface area contributed by atoms with Crippen molar-refractivity contribution in [3.8, 4) is 6.07 Å². The van der Waals surface area contributed by atoms with Crippen molar-refractivity contribution in [3.63, 3.8) is 0 Å². The summed E-state index contributed by atoms with van der Waals surface area (Å²) >= 11 is 6.28. The fourth-order valence-electron chi connectivity index (χ4n) is 2.56. The van der Waals surface area contributed by atoms with Crippen molar-refractivity contribution in [2.45, 2.75) is 23.9 Å². The molecule has 4 nitrogen and oxygen atoms in total. The van der Waals surface area contributed by atoms with Crippen LogP contribution in [-0.4, -0.2) is 48.5 Å². The number of hydrogen-bond acceptors (Lipinski definition) is 4. The topological polar surface area (TPSA) is 65.1 Å². The lowest BCUT2D eigenvalue weighted by atomic mass is 9.99. The maximum Gasteiger partial charge on any atom is 0.0669 e. The minimum atomic E-state index is 0.0613. The van der Waals surface area contributed by atoms with Gasteiger partial charge in [-0.15, -0.1) is 11.6 Å². The van der Waals surface area contributed by atoms with Crippen LogP contribution in [-0.2, 0) is 0 Å². The molecular formula is C10H17ClN4. The van der Waals surface area contributed by atoms with Gasteiger partial charge in [0.05, 0.1) is 17.4 Å². The number of likely N-dealkylation sites (tertiary alicyclic amines) is 1. The van der Waals surface area contributed by atoms with E-state index >= 15 is 0 Å². The highest BCUT2D eigenvalue weighted by Gasteiger charge is 2.37. The average Bonchev–Trinajstić information content (AvgIpc) is 2.66. The van der Waals surface area contributed by atoms with Crippen LogP contribution < -0.4 is 11.1 Å². The highest BCUT2D eigenvalue weighted by Crippen LogP contribution is 2.24. The molecule has 2 saturated heterocycles. The predicted octanol–water partition coefficient (Wildman–Crippen LogP) is -0.262. The number of nitrogens with one attached hydrogen (secondary N) is 1. The Hall–Kier alpha value is -0.340. The molecule has 0 radical (unpaired) electrons. The summed E-state index contributed by atoms with van der Waals surface area (Å²) in [5, 5.41) is 12.1. The molecule has 3 unspecified atom stereocenters. The molecule has 0 amide bonds. The average molecular weight is 229 g/mol. The van der Waals surface area contributed by atoms with Gasteiger partial charge >= 0.3 is 0 Å². The van der Waals surface area contributed by atoms with Crippen molar-refractivity contribution in [3.05, 3.63) is 0 Å².